The minimum atomic E-state index is -4.63. The van der Waals surface area contributed by atoms with E-state index in [-0.39, 0.29) is 23.0 Å². The largest absolute Gasteiger partial charge is 0.403 e. The Bertz CT molecular complexity index is 400. The van der Waals surface area contributed by atoms with Crippen molar-refractivity contribution in [2.24, 2.45) is 5.73 Å². The fourth-order valence-electron chi connectivity index (χ4n) is 1.28. The summed E-state index contributed by atoms with van der Waals surface area (Å²) in [4.78, 5) is 0. The second-order valence-corrected chi connectivity index (χ2v) is 3.95. The van der Waals surface area contributed by atoms with Crippen LogP contribution in [-0.2, 0) is 0 Å². The molecular formula is C10H11Cl2F4NO. The Balaban J connectivity index is 0.00000289. The van der Waals surface area contributed by atoms with Gasteiger partial charge in [-0.05, 0) is 6.07 Å². The summed E-state index contributed by atoms with van der Waals surface area (Å²) in [5, 5.41) is 9.22. The van der Waals surface area contributed by atoms with Gasteiger partial charge in [-0.15, -0.1) is 12.4 Å². The van der Waals surface area contributed by atoms with Crippen LogP contribution in [0.1, 0.15) is 18.1 Å². The zero-order valence-corrected chi connectivity index (χ0v) is 10.5. The van der Waals surface area contributed by atoms with Crippen LogP contribution in [0.3, 0.4) is 0 Å². The van der Waals surface area contributed by atoms with Crippen LogP contribution in [0.2, 0.25) is 5.02 Å². The number of halogens is 6. The molecule has 0 spiro atoms. The first-order chi connectivity index (χ1) is 7.73. The van der Waals surface area contributed by atoms with Gasteiger partial charge in [0.25, 0.3) is 0 Å². The van der Waals surface area contributed by atoms with Gasteiger partial charge in [0.05, 0.1) is 11.1 Å². The Hall–Kier alpha value is -0.560. The van der Waals surface area contributed by atoms with Gasteiger partial charge in [-0.3, -0.25) is 0 Å². The minimum Gasteiger partial charge on any atom is -0.388 e. The van der Waals surface area contributed by atoms with Crippen molar-refractivity contribution < 1.29 is 22.7 Å². The molecule has 3 N–H and O–H groups in total. The van der Waals surface area contributed by atoms with Gasteiger partial charge in [0, 0.05) is 12.0 Å². The average Bonchev–Trinajstić information content (AvgIpc) is 2.20. The molecule has 2 atom stereocenters. The smallest absolute Gasteiger partial charge is 0.388 e. The summed E-state index contributed by atoms with van der Waals surface area (Å²) in [7, 11) is 0. The topological polar surface area (TPSA) is 46.2 Å². The zero-order valence-electron chi connectivity index (χ0n) is 8.92. The van der Waals surface area contributed by atoms with Crippen LogP contribution < -0.4 is 5.73 Å². The Morgan fingerprint density at radius 3 is 2.39 bits per heavy atom. The average molecular weight is 308 g/mol. The molecule has 0 aromatic heterocycles. The van der Waals surface area contributed by atoms with E-state index in [1.807, 2.05) is 0 Å². The molecule has 0 aliphatic rings. The fraction of sp³-hybridized carbons (Fsp3) is 0.400. The van der Waals surface area contributed by atoms with Gasteiger partial charge >= 0.3 is 6.18 Å². The second kappa shape index (κ2) is 6.56. The van der Waals surface area contributed by atoms with Crippen molar-refractivity contribution in [2.75, 3.05) is 0 Å². The summed E-state index contributed by atoms with van der Waals surface area (Å²) in [6, 6.07) is 1.52. The van der Waals surface area contributed by atoms with E-state index in [1.165, 1.54) is 12.1 Å². The van der Waals surface area contributed by atoms with E-state index >= 15 is 0 Å². The van der Waals surface area contributed by atoms with E-state index in [2.05, 4.69) is 0 Å². The molecule has 0 radical (unpaired) electrons. The Kier molecular flexibility index (Phi) is 6.36. The lowest BCUT2D eigenvalue weighted by molar-refractivity contribution is -0.154. The van der Waals surface area contributed by atoms with Crippen LogP contribution in [0.25, 0.3) is 0 Å². The SMILES string of the molecule is Cl.N[C@@H](C[C@H](O)c1cccc(Cl)c1F)C(F)(F)F. The molecule has 0 unspecified atom stereocenters. The summed E-state index contributed by atoms with van der Waals surface area (Å²) in [5.41, 5.74) is 4.54. The number of nitrogens with two attached hydrogens (primary N) is 1. The highest BCUT2D eigenvalue weighted by Gasteiger charge is 2.38. The van der Waals surface area contributed by atoms with Crippen LogP contribution in [-0.4, -0.2) is 17.3 Å². The predicted molar refractivity (Wildman–Crippen MR) is 62.3 cm³/mol. The molecule has 1 aromatic carbocycles. The molecule has 0 amide bonds. The van der Waals surface area contributed by atoms with Crippen molar-refractivity contribution in [3.8, 4) is 0 Å². The summed E-state index contributed by atoms with van der Waals surface area (Å²) in [6.45, 7) is 0. The fourth-order valence-corrected chi connectivity index (χ4v) is 1.46. The van der Waals surface area contributed by atoms with E-state index in [4.69, 9.17) is 17.3 Å². The Labute approximate surface area is 112 Å². The highest BCUT2D eigenvalue weighted by Crippen LogP contribution is 2.29. The molecule has 0 fully saturated rings. The van der Waals surface area contributed by atoms with E-state index in [1.54, 1.807) is 0 Å². The van der Waals surface area contributed by atoms with Crippen molar-refractivity contribution in [1.82, 2.24) is 0 Å². The maximum absolute atomic E-state index is 13.4. The van der Waals surface area contributed by atoms with Crippen molar-refractivity contribution >= 4 is 24.0 Å². The van der Waals surface area contributed by atoms with E-state index in [0.29, 0.717) is 0 Å². The van der Waals surface area contributed by atoms with Crippen molar-refractivity contribution in [3.63, 3.8) is 0 Å². The number of hydrogen-bond acceptors (Lipinski definition) is 2. The highest BCUT2D eigenvalue weighted by atomic mass is 35.5. The van der Waals surface area contributed by atoms with Crippen LogP contribution in [0.4, 0.5) is 17.6 Å². The van der Waals surface area contributed by atoms with Crippen LogP contribution in [0, 0.1) is 5.82 Å². The van der Waals surface area contributed by atoms with Crippen molar-refractivity contribution in [3.05, 3.63) is 34.6 Å². The molecule has 0 heterocycles. The maximum atomic E-state index is 13.4. The Morgan fingerprint density at radius 2 is 1.89 bits per heavy atom. The molecule has 0 aliphatic carbocycles. The van der Waals surface area contributed by atoms with Crippen LogP contribution in [0.5, 0.6) is 0 Å². The number of aliphatic hydroxyl groups excluding tert-OH is 1. The van der Waals surface area contributed by atoms with Crippen LogP contribution in [0.15, 0.2) is 18.2 Å². The standard InChI is InChI=1S/C10H10ClF4NO.ClH/c11-6-3-1-2-5(9(6)12)7(17)4-8(16)10(13,14)15;/h1-3,7-8,17H,4,16H2;1H/t7-,8-;/m0./s1. The van der Waals surface area contributed by atoms with E-state index in [9.17, 15) is 22.7 Å². The van der Waals surface area contributed by atoms with Gasteiger partial charge < -0.3 is 10.8 Å². The number of hydrogen-bond donors (Lipinski definition) is 2. The summed E-state index contributed by atoms with van der Waals surface area (Å²) in [5.74, 6) is -0.934. The number of alkyl halides is 3. The molecule has 0 bridgehead atoms. The van der Waals surface area contributed by atoms with Gasteiger partial charge in [-0.25, -0.2) is 4.39 Å². The van der Waals surface area contributed by atoms with Crippen molar-refractivity contribution in [2.45, 2.75) is 24.7 Å². The van der Waals surface area contributed by atoms with Crippen LogP contribution >= 0.6 is 24.0 Å². The van der Waals surface area contributed by atoms with Gasteiger partial charge in [0.1, 0.15) is 11.9 Å². The van der Waals surface area contributed by atoms with Gasteiger partial charge in [0.2, 0.25) is 0 Å². The van der Waals surface area contributed by atoms with Crippen molar-refractivity contribution in [1.29, 1.82) is 0 Å². The summed E-state index contributed by atoms with van der Waals surface area (Å²) >= 11 is 5.44. The first kappa shape index (κ1) is 17.4. The maximum Gasteiger partial charge on any atom is 0.403 e. The second-order valence-electron chi connectivity index (χ2n) is 3.54. The third-order valence-corrected chi connectivity index (χ3v) is 2.53. The van der Waals surface area contributed by atoms with Gasteiger partial charge in [0.15, 0.2) is 0 Å². The summed E-state index contributed by atoms with van der Waals surface area (Å²) in [6.07, 6.45) is -7.10. The number of benzene rings is 1. The number of rotatable bonds is 3. The van der Waals surface area contributed by atoms with Gasteiger partial charge in [-0.2, -0.15) is 13.2 Å². The molecular weight excluding hydrogens is 297 g/mol. The van der Waals surface area contributed by atoms with E-state index < -0.39 is 30.6 Å². The molecule has 18 heavy (non-hydrogen) atoms. The molecule has 1 aromatic rings. The lowest BCUT2D eigenvalue weighted by Crippen LogP contribution is -2.38. The lowest BCUT2D eigenvalue weighted by atomic mass is 10.0. The highest BCUT2D eigenvalue weighted by molar-refractivity contribution is 6.30. The number of aliphatic hydroxyl groups is 1. The Morgan fingerprint density at radius 1 is 1.33 bits per heavy atom. The summed E-state index contributed by atoms with van der Waals surface area (Å²) < 4.78 is 49.8. The minimum absolute atomic E-state index is 0. The first-order valence-electron chi connectivity index (χ1n) is 4.67. The third-order valence-electron chi connectivity index (χ3n) is 2.24. The predicted octanol–water partition coefficient (Wildman–Crippen LogP) is 3.21. The molecule has 104 valence electrons. The molecule has 0 saturated heterocycles. The molecule has 1 rings (SSSR count). The third kappa shape index (κ3) is 4.28. The molecule has 8 heteroatoms. The first-order valence-corrected chi connectivity index (χ1v) is 5.05. The van der Waals surface area contributed by atoms with E-state index in [0.717, 1.165) is 6.07 Å². The molecule has 2 nitrogen and oxygen atoms in total. The molecule has 0 saturated carbocycles. The quantitative estimate of drug-likeness (QED) is 0.842. The van der Waals surface area contributed by atoms with Gasteiger partial charge in [-0.1, -0.05) is 23.7 Å². The normalized spacial score (nSPS) is 14.8. The monoisotopic (exact) mass is 307 g/mol. The molecule has 0 aliphatic heterocycles. The zero-order chi connectivity index (χ0) is 13.2. The lowest BCUT2D eigenvalue weighted by Gasteiger charge is -2.19.